The van der Waals surface area contributed by atoms with Gasteiger partial charge in [0, 0.05) is 10.8 Å². The van der Waals surface area contributed by atoms with Gasteiger partial charge in [-0.15, -0.1) is 0 Å². The van der Waals surface area contributed by atoms with Crippen molar-refractivity contribution in [1.82, 2.24) is 9.97 Å². The number of hydrogen-bond acceptors (Lipinski definition) is 4. The van der Waals surface area contributed by atoms with Crippen LogP contribution in [0.5, 0.6) is 0 Å². The summed E-state index contributed by atoms with van der Waals surface area (Å²) in [5.41, 5.74) is 7.24. The van der Waals surface area contributed by atoms with E-state index in [1.165, 1.54) is 6.07 Å². The summed E-state index contributed by atoms with van der Waals surface area (Å²) in [5, 5.41) is 10.8. The number of nitrogens with two attached hydrogens (primary N) is 1. The zero-order valence-electron chi connectivity index (χ0n) is 9.39. The second kappa shape index (κ2) is 3.89. The smallest absolute Gasteiger partial charge is 0.213 e. The third-order valence-corrected chi connectivity index (χ3v) is 2.90. The third kappa shape index (κ3) is 1.48. The van der Waals surface area contributed by atoms with E-state index in [2.05, 4.69) is 9.97 Å². The minimum Gasteiger partial charge on any atom is -0.392 e. The zero-order valence-corrected chi connectivity index (χ0v) is 9.39. The van der Waals surface area contributed by atoms with Crippen LogP contribution in [0.25, 0.3) is 21.8 Å². The standard InChI is InChI=1S/C13H10FN3O/c14-10-5-7(6-18)11-8-3-1-2-4-9(8)16-13(15)12(11)17-10/h1-5,18H,6H2,(H2,15,16). The molecule has 0 bridgehead atoms. The van der Waals surface area contributed by atoms with Gasteiger partial charge in [-0.25, -0.2) is 9.97 Å². The molecule has 90 valence electrons. The molecule has 1 aromatic carbocycles. The maximum absolute atomic E-state index is 13.4. The lowest BCUT2D eigenvalue weighted by molar-refractivity contribution is 0.282. The fourth-order valence-electron chi connectivity index (χ4n) is 2.14. The number of pyridine rings is 2. The Kier molecular flexibility index (Phi) is 2.34. The number of anilines is 1. The normalized spacial score (nSPS) is 11.2. The van der Waals surface area contributed by atoms with E-state index in [0.717, 1.165) is 5.39 Å². The number of hydrogen-bond donors (Lipinski definition) is 2. The summed E-state index contributed by atoms with van der Waals surface area (Å²) in [7, 11) is 0. The Morgan fingerprint density at radius 3 is 2.78 bits per heavy atom. The topological polar surface area (TPSA) is 72.0 Å². The average molecular weight is 243 g/mol. The van der Waals surface area contributed by atoms with Gasteiger partial charge in [0.1, 0.15) is 5.52 Å². The molecule has 0 aliphatic carbocycles. The van der Waals surface area contributed by atoms with E-state index in [1.807, 2.05) is 24.3 Å². The fourth-order valence-corrected chi connectivity index (χ4v) is 2.14. The highest BCUT2D eigenvalue weighted by molar-refractivity contribution is 6.09. The van der Waals surface area contributed by atoms with Gasteiger partial charge in [-0.2, -0.15) is 4.39 Å². The molecule has 0 aliphatic rings. The molecule has 0 spiro atoms. The predicted octanol–water partition coefficient (Wildman–Crippen LogP) is 2.00. The van der Waals surface area contributed by atoms with Crippen molar-refractivity contribution in [3.05, 3.63) is 41.8 Å². The van der Waals surface area contributed by atoms with Gasteiger partial charge in [-0.1, -0.05) is 18.2 Å². The molecule has 5 heteroatoms. The predicted molar refractivity (Wildman–Crippen MR) is 67.3 cm³/mol. The molecule has 0 unspecified atom stereocenters. The van der Waals surface area contributed by atoms with Gasteiger partial charge < -0.3 is 10.8 Å². The Labute approximate surface area is 102 Å². The largest absolute Gasteiger partial charge is 0.392 e. The van der Waals surface area contributed by atoms with Crippen molar-refractivity contribution in [3.8, 4) is 0 Å². The number of fused-ring (bicyclic) bond motifs is 3. The van der Waals surface area contributed by atoms with Crippen molar-refractivity contribution in [2.45, 2.75) is 6.61 Å². The molecule has 4 nitrogen and oxygen atoms in total. The van der Waals surface area contributed by atoms with Crippen LogP contribution in [-0.4, -0.2) is 15.1 Å². The molecular weight excluding hydrogens is 233 g/mol. The fraction of sp³-hybridized carbons (Fsp3) is 0.0769. The Bertz CT molecular complexity index is 758. The lowest BCUT2D eigenvalue weighted by Gasteiger charge is -2.09. The number of benzene rings is 1. The first-order valence-corrected chi connectivity index (χ1v) is 5.45. The van der Waals surface area contributed by atoms with E-state index in [9.17, 15) is 9.50 Å². The highest BCUT2D eigenvalue weighted by atomic mass is 19.1. The van der Waals surface area contributed by atoms with E-state index in [4.69, 9.17) is 5.73 Å². The van der Waals surface area contributed by atoms with Gasteiger partial charge in [-0.3, -0.25) is 0 Å². The Hall–Kier alpha value is -2.27. The van der Waals surface area contributed by atoms with Gasteiger partial charge in [0.15, 0.2) is 5.82 Å². The SMILES string of the molecule is Nc1nc2ccccc2c2c(CO)cc(F)nc12. The highest BCUT2D eigenvalue weighted by Gasteiger charge is 2.12. The van der Waals surface area contributed by atoms with Crippen molar-refractivity contribution < 1.29 is 9.50 Å². The molecular formula is C13H10FN3O. The van der Waals surface area contributed by atoms with Crippen LogP contribution in [0.1, 0.15) is 5.56 Å². The number of aliphatic hydroxyl groups is 1. The zero-order chi connectivity index (χ0) is 12.7. The van der Waals surface area contributed by atoms with Gasteiger partial charge in [0.05, 0.1) is 12.1 Å². The minimum absolute atomic E-state index is 0.165. The molecule has 0 radical (unpaired) electrons. The van der Waals surface area contributed by atoms with E-state index < -0.39 is 5.95 Å². The molecule has 0 aliphatic heterocycles. The number of rotatable bonds is 1. The van der Waals surface area contributed by atoms with Gasteiger partial charge in [-0.05, 0) is 17.7 Å². The molecule has 3 rings (SSSR count). The first-order valence-electron chi connectivity index (χ1n) is 5.45. The average Bonchev–Trinajstić information content (AvgIpc) is 2.38. The number of nitrogen functional groups attached to an aromatic ring is 1. The molecule has 2 aromatic heterocycles. The lowest BCUT2D eigenvalue weighted by atomic mass is 10.0. The summed E-state index contributed by atoms with van der Waals surface area (Å²) in [5.74, 6) is -0.506. The van der Waals surface area contributed by atoms with Crippen molar-refractivity contribution in [2.24, 2.45) is 0 Å². The first-order chi connectivity index (χ1) is 8.70. The second-order valence-corrected chi connectivity index (χ2v) is 4.00. The summed E-state index contributed by atoms with van der Waals surface area (Å²) in [4.78, 5) is 7.96. The summed E-state index contributed by atoms with van der Waals surface area (Å²) in [6.45, 7) is -0.274. The Morgan fingerprint density at radius 1 is 1.22 bits per heavy atom. The molecule has 0 amide bonds. The van der Waals surface area contributed by atoms with Crippen LogP contribution in [0.3, 0.4) is 0 Å². The van der Waals surface area contributed by atoms with Crippen LogP contribution in [0, 0.1) is 5.95 Å². The monoisotopic (exact) mass is 243 g/mol. The van der Waals surface area contributed by atoms with Crippen LogP contribution < -0.4 is 5.73 Å². The number of halogens is 1. The minimum atomic E-state index is -0.671. The van der Waals surface area contributed by atoms with Crippen LogP contribution in [0.4, 0.5) is 10.2 Å². The summed E-state index contributed by atoms with van der Waals surface area (Å²) < 4.78 is 13.4. The quantitative estimate of drug-likeness (QED) is 0.506. The van der Waals surface area contributed by atoms with Gasteiger partial charge in [0.2, 0.25) is 5.95 Å². The third-order valence-electron chi connectivity index (χ3n) is 2.90. The van der Waals surface area contributed by atoms with Crippen LogP contribution in [0.15, 0.2) is 30.3 Å². The van der Waals surface area contributed by atoms with Gasteiger partial charge in [0.25, 0.3) is 0 Å². The molecule has 18 heavy (non-hydrogen) atoms. The van der Waals surface area contributed by atoms with Crippen molar-refractivity contribution >= 4 is 27.6 Å². The molecule has 2 heterocycles. The van der Waals surface area contributed by atoms with Crippen molar-refractivity contribution in [2.75, 3.05) is 5.73 Å². The highest BCUT2D eigenvalue weighted by Crippen LogP contribution is 2.29. The Morgan fingerprint density at radius 2 is 2.00 bits per heavy atom. The van der Waals surface area contributed by atoms with Crippen molar-refractivity contribution in [3.63, 3.8) is 0 Å². The molecule has 3 aromatic rings. The second-order valence-electron chi connectivity index (χ2n) is 4.00. The molecule has 0 saturated heterocycles. The van der Waals surface area contributed by atoms with Crippen LogP contribution in [-0.2, 0) is 6.61 Å². The number of para-hydroxylation sites is 1. The maximum atomic E-state index is 13.4. The van der Waals surface area contributed by atoms with Crippen LogP contribution in [0.2, 0.25) is 0 Å². The van der Waals surface area contributed by atoms with E-state index in [-0.39, 0.29) is 17.9 Å². The summed E-state index contributed by atoms with van der Waals surface area (Å²) >= 11 is 0. The van der Waals surface area contributed by atoms with Crippen LogP contribution >= 0.6 is 0 Å². The molecule has 3 N–H and O–H groups in total. The number of nitrogens with zero attached hydrogens (tertiary/aromatic N) is 2. The van der Waals surface area contributed by atoms with Gasteiger partial charge >= 0.3 is 0 Å². The van der Waals surface area contributed by atoms with E-state index in [1.54, 1.807) is 0 Å². The first kappa shape index (κ1) is 10.9. The molecule has 0 fully saturated rings. The van der Waals surface area contributed by atoms with E-state index >= 15 is 0 Å². The lowest BCUT2D eigenvalue weighted by Crippen LogP contribution is -2.00. The molecule has 0 saturated carbocycles. The number of aliphatic hydroxyl groups excluding tert-OH is 1. The molecule has 0 atom stereocenters. The summed E-state index contributed by atoms with van der Waals surface area (Å²) in [6.07, 6.45) is 0. The summed E-state index contributed by atoms with van der Waals surface area (Å²) in [6, 6.07) is 8.58. The maximum Gasteiger partial charge on any atom is 0.213 e. The van der Waals surface area contributed by atoms with E-state index in [0.29, 0.717) is 16.5 Å². The van der Waals surface area contributed by atoms with Crippen molar-refractivity contribution in [1.29, 1.82) is 0 Å². The number of aromatic nitrogens is 2. The Balaban J connectivity index is 2.61.